The van der Waals surface area contributed by atoms with Crippen molar-refractivity contribution < 1.29 is 31.9 Å². The lowest BCUT2D eigenvalue weighted by Crippen LogP contribution is -2.44. The highest BCUT2D eigenvalue weighted by Gasteiger charge is 2.29. The fraction of sp³-hybridized carbons (Fsp3) is 0.312. The van der Waals surface area contributed by atoms with Crippen LogP contribution in [0.1, 0.15) is 30.0 Å². The number of aryl methyl sites for hydroxylation is 1. The molecule has 1 unspecified atom stereocenters. The van der Waals surface area contributed by atoms with Crippen LogP contribution in [0.4, 0.5) is 11.4 Å². The maximum atomic E-state index is 13.2. The smallest absolute Gasteiger partial charge is 0.324 e. The number of methoxy groups -OCH3 is 1. The largest absolute Gasteiger partial charge is 0.468 e. The summed E-state index contributed by atoms with van der Waals surface area (Å²) in [6.07, 6.45) is 0. The number of nitrogens with one attached hydrogen (secondary N) is 2. The molecule has 226 valence electrons. The molecule has 1 saturated heterocycles. The summed E-state index contributed by atoms with van der Waals surface area (Å²) in [7, 11) is -2.72. The van der Waals surface area contributed by atoms with Crippen molar-refractivity contribution in [1.29, 1.82) is 0 Å². The average Bonchev–Trinajstić information content (AvgIpc) is 3.37. The SMILES string of the molecule is COC(=O)C(NS(=O)(=O)c1ccc(-c2ccc(NC(=O)c3oc4cccc(N5CCOCC5)c4c3C)cc2)cc1)C(C)C. The Kier molecular flexibility index (Phi) is 8.86. The molecule has 4 aromatic rings. The molecule has 0 saturated carbocycles. The first kappa shape index (κ1) is 30.3. The number of esters is 1. The molecule has 1 aromatic heterocycles. The van der Waals surface area contributed by atoms with Crippen molar-refractivity contribution in [3.63, 3.8) is 0 Å². The third kappa shape index (κ3) is 6.43. The highest BCUT2D eigenvalue weighted by Crippen LogP contribution is 2.34. The van der Waals surface area contributed by atoms with Crippen molar-refractivity contribution in [2.24, 2.45) is 5.92 Å². The van der Waals surface area contributed by atoms with Gasteiger partial charge in [0.1, 0.15) is 11.6 Å². The summed E-state index contributed by atoms with van der Waals surface area (Å²) in [5.74, 6) is -1.01. The number of nitrogens with zero attached hydrogens (tertiary/aromatic N) is 1. The Bertz CT molecular complexity index is 1720. The number of ether oxygens (including phenoxy) is 2. The van der Waals surface area contributed by atoms with Crippen LogP contribution in [0.5, 0.6) is 0 Å². The van der Waals surface area contributed by atoms with Crippen molar-refractivity contribution in [2.75, 3.05) is 43.6 Å². The second-order valence-electron chi connectivity index (χ2n) is 10.7. The van der Waals surface area contributed by atoms with Gasteiger partial charge in [-0.15, -0.1) is 0 Å². The van der Waals surface area contributed by atoms with Crippen molar-refractivity contribution in [2.45, 2.75) is 31.7 Å². The Morgan fingerprint density at radius 2 is 1.56 bits per heavy atom. The van der Waals surface area contributed by atoms with Gasteiger partial charge in [-0.3, -0.25) is 9.59 Å². The number of furan rings is 1. The number of morpholine rings is 1. The maximum absolute atomic E-state index is 13.2. The monoisotopic (exact) mass is 605 g/mol. The highest BCUT2D eigenvalue weighted by atomic mass is 32.2. The molecule has 3 aromatic carbocycles. The first-order valence-electron chi connectivity index (χ1n) is 14.1. The second kappa shape index (κ2) is 12.6. The molecule has 10 nitrogen and oxygen atoms in total. The zero-order chi connectivity index (χ0) is 30.7. The molecule has 5 rings (SSSR count). The third-order valence-corrected chi connectivity index (χ3v) is 8.99. The molecular weight excluding hydrogens is 570 g/mol. The van der Waals surface area contributed by atoms with E-state index in [2.05, 4.69) is 14.9 Å². The Labute approximate surface area is 251 Å². The van der Waals surface area contributed by atoms with E-state index in [1.165, 1.54) is 19.2 Å². The zero-order valence-corrected chi connectivity index (χ0v) is 25.4. The maximum Gasteiger partial charge on any atom is 0.324 e. The average molecular weight is 606 g/mol. The van der Waals surface area contributed by atoms with Crippen LogP contribution < -0.4 is 14.9 Å². The lowest BCUT2D eigenvalue weighted by molar-refractivity contribution is -0.143. The summed E-state index contributed by atoms with van der Waals surface area (Å²) in [5, 5.41) is 3.84. The predicted octanol–water partition coefficient (Wildman–Crippen LogP) is 4.97. The van der Waals surface area contributed by atoms with Gasteiger partial charge in [-0.25, -0.2) is 8.42 Å². The minimum atomic E-state index is -3.94. The Morgan fingerprint density at radius 3 is 2.16 bits per heavy atom. The quantitative estimate of drug-likeness (QED) is 0.256. The van der Waals surface area contributed by atoms with Gasteiger partial charge in [-0.2, -0.15) is 4.72 Å². The van der Waals surface area contributed by atoms with Crippen LogP contribution in [0.25, 0.3) is 22.1 Å². The molecular formula is C32H35N3O7S. The molecule has 43 heavy (non-hydrogen) atoms. The molecule has 1 aliphatic rings. The molecule has 1 atom stereocenters. The number of benzene rings is 3. The van der Waals surface area contributed by atoms with E-state index in [-0.39, 0.29) is 22.5 Å². The molecule has 11 heteroatoms. The number of carbonyl (C=O) groups is 2. The molecule has 2 heterocycles. The van der Waals surface area contributed by atoms with Crippen molar-refractivity contribution in [3.05, 3.63) is 78.1 Å². The van der Waals surface area contributed by atoms with Crippen molar-refractivity contribution in [1.82, 2.24) is 4.72 Å². The van der Waals surface area contributed by atoms with Gasteiger partial charge in [0.25, 0.3) is 5.91 Å². The van der Waals surface area contributed by atoms with Gasteiger partial charge in [0.15, 0.2) is 5.76 Å². The van der Waals surface area contributed by atoms with Crippen LogP contribution in [-0.2, 0) is 24.3 Å². The number of anilines is 2. The Hall–Kier alpha value is -4.19. The number of fused-ring (bicyclic) bond motifs is 1. The van der Waals surface area contributed by atoms with Crippen LogP contribution in [0.2, 0.25) is 0 Å². The summed E-state index contributed by atoms with van der Waals surface area (Å²) >= 11 is 0. The lowest BCUT2D eigenvalue weighted by atomic mass is 10.1. The van der Waals surface area contributed by atoms with Gasteiger partial charge in [-0.1, -0.05) is 44.2 Å². The van der Waals surface area contributed by atoms with Crippen molar-refractivity contribution >= 4 is 44.2 Å². The molecule has 1 amide bonds. The topological polar surface area (TPSA) is 127 Å². The molecule has 2 N–H and O–H groups in total. The minimum absolute atomic E-state index is 0.0349. The Balaban J connectivity index is 1.29. The molecule has 1 fully saturated rings. The van der Waals surface area contributed by atoms with Crippen molar-refractivity contribution in [3.8, 4) is 11.1 Å². The second-order valence-corrected chi connectivity index (χ2v) is 12.4. The van der Waals surface area contributed by atoms with Crippen LogP contribution in [0, 0.1) is 12.8 Å². The normalized spacial score (nSPS) is 14.6. The number of rotatable bonds is 9. The van der Waals surface area contributed by atoms with E-state index in [0.29, 0.717) is 24.5 Å². The first-order chi connectivity index (χ1) is 20.6. The van der Waals surface area contributed by atoms with E-state index in [9.17, 15) is 18.0 Å². The van der Waals surface area contributed by atoms with E-state index in [1.807, 2.05) is 37.3 Å². The summed E-state index contributed by atoms with van der Waals surface area (Å²) in [5.41, 5.74) is 4.68. The number of amides is 1. The fourth-order valence-electron chi connectivity index (χ4n) is 5.14. The van der Waals surface area contributed by atoms with Crippen LogP contribution in [-0.4, -0.2) is 59.7 Å². The van der Waals surface area contributed by atoms with Gasteiger partial charge >= 0.3 is 5.97 Å². The predicted molar refractivity (Wildman–Crippen MR) is 165 cm³/mol. The first-order valence-corrected chi connectivity index (χ1v) is 15.5. The number of carbonyl (C=O) groups excluding carboxylic acids is 2. The summed E-state index contributed by atoms with van der Waals surface area (Å²) < 4.78 is 44.4. The molecule has 0 radical (unpaired) electrons. The lowest BCUT2D eigenvalue weighted by Gasteiger charge is -2.29. The summed E-state index contributed by atoms with van der Waals surface area (Å²) in [6, 6.07) is 18.4. The number of hydrogen-bond acceptors (Lipinski definition) is 8. The van der Waals surface area contributed by atoms with Gasteiger partial charge in [0, 0.05) is 35.4 Å². The van der Waals surface area contributed by atoms with Crippen LogP contribution in [0.15, 0.2) is 76.0 Å². The summed E-state index contributed by atoms with van der Waals surface area (Å²) in [6.45, 7) is 8.24. The molecule has 0 spiro atoms. The van der Waals surface area contributed by atoms with E-state index in [4.69, 9.17) is 13.9 Å². The molecule has 1 aliphatic heterocycles. The highest BCUT2D eigenvalue weighted by molar-refractivity contribution is 7.89. The Morgan fingerprint density at radius 1 is 0.930 bits per heavy atom. The van der Waals surface area contributed by atoms with Crippen LogP contribution in [0.3, 0.4) is 0 Å². The fourth-order valence-corrected chi connectivity index (χ4v) is 6.48. The molecule has 0 aliphatic carbocycles. The standard InChI is InChI=1S/C32H35N3O7S/c1-20(2)29(32(37)40-4)34-43(38,39)25-14-10-23(11-15-25)22-8-12-24(13-9-22)33-31(36)30-21(3)28-26(6-5-7-27(28)42-30)35-16-18-41-19-17-35/h5-15,20,29,34H,16-19H2,1-4H3,(H,33,36). The van der Waals surface area contributed by atoms with Gasteiger partial charge in [-0.05, 0) is 60.4 Å². The van der Waals surface area contributed by atoms with E-state index >= 15 is 0 Å². The number of sulfonamides is 1. The van der Waals surface area contributed by atoms with Crippen LogP contribution >= 0.6 is 0 Å². The van der Waals surface area contributed by atoms with E-state index < -0.39 is 22.0 Å². The van der Waals surface area contributed by atoms with E-state index in [0.717, 1.165) is 40.9 Å². The van der Waals surface area contributed by atoms with Gasteiger partial charge < -0.3 is 24.1 Å². The minimum Gasteiger partial charge on any atom is -0.468 e. The zero-order valence-electron chi connectivity index (χ0n) is 24.5. The summed E-state index contributed by atoms with van der Waals surface area (Å²) in [4.78, 5) is 27.5. The van der Waals surface area contributed by atoms with E-state index in [1.54, 1.807) is 38.1 Å². The van der Waals surface area contributed by atoms with Gasteiger partial charge in [0.2, 0.25) is 10.0 Å². The van der Waals surface area contributed by atoms with Gasteiger partial charge in [0.05, 0.1) is 25.2 Å². The molecule has 0 bridgehead atoms. The number of hydrogen-bond donors (Lipinski definition) is 2. The third-order valence-electron chi connectivity index (χ3n) is 7.53.